The van der Waals surface area contributed by atoms with Gasteiger partial charge in [0.25, 0.3) is 0 Å². The highest BCUT2D eigenvalue weighted by molar-refractivity contribution is 5.91. The average Bonchev–Trinajstić information content (AvgIpc) is 3.27. The van der Waals surface area contributed by atoms with Crippen molar-refractivity contribution < 1.29 is 9.18 Å². The molecule has 0 saturated carbocycles. The molecule has 29 heavy (non-hydrogen) atoms. The van der Waals surface area contributed by atoms with E-state index in [2.05, 4.69) is 44.8 Å². The summed E-state index contributed by atoms with van der Waals surface area (Å²) in [6, 6.07) is 18.2. The van der Waals surface area contributed by atoms with Crippen LogP contribution in [-0.4, -0.2) is 24.0 Å². The van der Waals surface area contributed by atoms with E-state index < -0.39 is 0 Å². The van der Waals surface area contributed by atoms with Gasteiger partial charge in [0.15, 0.2) is 0 Å². The van der Waals surface area contributed by atoms with Gasteiger partial charge in [0.05, 0.1) is 18.3 Å². The van der Waals surface area contributed by atoms with E-state index in [-0.39, 0.29) is 18.1 Å². The van der Waals surface area contributed by atoms with Gasteiger partial charge in [-0.25, -0.2) is 9.37 Å². The summed E-state index contributed by atoms with van der Waals surface area (Å²) in [5.74, 6) is -0.256. The van der Waals surface area contributed by atoms with Gasteiger partial charge in [-0.05, 0) is 60.9 Å². The summed E-state index contributed by atoms with van der Waals surface area (Å²) < 4.78 is 13.7. The fourth-order valence-corrected chi connectivity index (χ4v) is 3.44. The van der Waals surface area contributed by atoms with Crippen LogP contribution in [0.2, 0.25) is 0 Å². The molecular weight excluding hydrogens is 367 g/mol. The first kappa shape index (κ1) is 18.9. The maximum absolute atomic E-state index is 13.7. The average molecular weight is 390 g/mol. The maximum atomic E-state index is 13.7. The molecule has 1 saturated heterocycles. The lowest BCUT2D eigenvalue weighted by atomic mass is 10.1. The highest BCUT2D eigenvalue weighted by Gasteiger charge is 2.12. The lowest BCUT2D eigenvalue weighted by Crippen LogP contribution is -2.17. The van der Waals surface area contributed by atoms with E-state index in [0.717, 1.165) is 24.5 Å². The number of anilines is 4. The summed E-state index contributed by atoms with van der Waals surface area (Å²) in [6.07, 6.45) is 4.15. The molecule has 0 atom stereocenters. The summed E-state index contributed by atoms with van der Waals surface area (Å²) in [7, 11) is 0. The summed E-state index contributed by atoms with van der Waals surface area (Å²) in [6.45, 7) is 2.25. The highest BCUT2D eigenvalue weighted by Crippen LogP contribution is 2.24. The van der Waals surface area contributed by atoms with E-state index in [9.17, 15) is 9.18 Å². The minimum Gasteiger partial charge on any atom is -0.372 e. The first-order chi connectivity index (χ1) is 14.2. The lowest BCUT2D eigenvalue weighted by molar-refractivity contribution is -0.115. The molecule has 2 N–H and O–H groups in total. The number of benzene rings is 2. The molecule has 0 spiro atoms. The van der Waals surface area contributed by atoms with Gasteiger partial charge in [-0.15, -0.1) is 0 Å². The summed E-state index contributed by atoms with van der Waals surface area (Å²) in [5.41, 5.74) is 3.41. The first-order valence-electron chi connectivity index (χ1n) is 9.79. The second kappa shape index (κ2) is 8.73. The van der Waals surface area contributed by atoms with E-state index in [0.29, 0.717) is 11.4 Å². The van der Waals surface area contributed by atoms with Crippen LogP contribution in [0.4, 0.5) is 27.3 Å². The second-order valence-corrected chi connectivity index (χ2v) is 7.11. The summed E-state index contributed by atoms with van der Waals surface area (Å²) in [4.78, 5) is 18.8. The molecule has 3 aromatic rings. The Labute approximate surface area is 169 Å². The van der Waals surface area contributed by atoms with Crippen molar-refractivity contribution in [3.8, 4) is 0 Å². The number of aromatic nitrogens is 1. The Hall–Kier alpha value is -3.41. The number of pyridine rings is 1. The number of carbonyl (C=O) groups is 1. The molecule has 2 heterocycles. The third-order valence-electron chi connectivity index (χ3n) is 4.97. The standard InChI is InChI=1S/C23H23FN4O/c24-21-6-2-1-5-17(21)15-23(29)27-22-12-9-19(16-25-22)26-18-7-10-20(11-8-18)28-13-3-4-14-28/h1-2,5-12,16,26H,3-4,13-15H2,(H,25,27,29). The van der Waals surface area contributed by atoms with E-state index >= 15 is 0 Å². The largest absolute Gasteiger partial charge is 0.372 e. The zero-order chi connectivity index (χ0) is 20.1. The van der Waals surface area contributed by atoms with Crippen molar-refractivity contribution in [2.45, 2.75) is 19.3 Å². The summed E-state index contributed by atoms with van der Waals surface area (Å²) in [5, 5.41) is 6.00. The molecule has 1 aliphatic rings. The number of nitrogens with zero attached hydrogens (tertiary/aromatic N) is 2. The van der Waals surface area contributed by atoms with Crippen molar-refractivity contribution >= 4 is 28.8 Å². The molecule has 0 bridgehead atoms. The number of rotatable bonds is 6. The lowest BCUT2D eigenvalue weighted by Gasteiger charge is -2.18. The number of nitrogens with one attached hydrogen (secondary N) is 2. The minimum atomic E-state index is -0.383. The number of amides is 1. The van der Waals surface area contributed by atoms with Crippen LogP contribution in [0, 0.1) is 5.82 Å². The van der Waals surface area contributed by atoms with E-state index in [1.165, 1.54) is 24.6 Å². The molecular formula is C23H23FN4O. The zero-order valence-electron chi connectivity index (χ0n) is 16.1. The van der Waals surface area contributed by atoms with Crippen LogP contribution in [0.5, 0.6) is 0 Å². The maximum Gasteiger partial charge on any atom is 0.230 e. The molecule has 1 aromatic heterocycles. The van der Waals surface area contributed by atoms with Gasteiger partial charge in [0.2, 0.25) is 5.91 Å². The molecule has 4 rings (SSSR count). The molecule has 0 unspecified atom stereocenters. The molecule has 148 valence electrons. The molecule has 2 aromatic carbocycles. The van der Waals surface area contributed by atoms with Gasteiger partial charge in [0.1, 0.15) is 11.6 Å². The number of carbonyl (C=O) groups excluding carboxylic acids is 1. The smallest absolute Gasteiger partial charge is 0.230 e. The van der Waals surface area contributed by atoms with Crippen molar-refractivity contribution in [3.63, 3.8) is 0 Å². The van der Waals surface area contributed by atoms with Crippen molar-refractivity contribution in [3.05, 3.63) is 78.2 Å². The quantitative estimate of drug-likeness (QED) is 0.638. The van der Waals surface area contributed by atoms with Crippen LogP contribution in [0.15, 0.2) is 66.9 Å². The van der Waals surface area contributed by atoms with Gasteiger partial charge in [0, 0.05) is 24.5 Å². The monoisotopic (exact) mass is 390 g/mol. The van der Waals surface area contributed by atoms with Crippen LogP contribution in [0.1, 0.15) is 18.4 Å². The number of hydrogen-bond donors (Lipinski definition) is 2. The molecule has 1 aliphatic heterocycles. The molecule has 1 amide bonds. The molecule has 0 radical (unpaired) electrons. The molecule has 1 fully saturated rings. The molecule has 0 aliphatic carbocycles. The van der Waals surface area contributed by atoms with Gasteiger partial charge < -0.3 is 15.5 Å². The third-order valence-corrected chi connectivity index (χ3v) is 4.97. The van der Waals surface area contributed by atoms with Crippen LogP contribution in [0.3, 0.4) is 0 Å². The predicted molar refractivity (Wildman–Crippen MR) is 114 cm³/mol. The Morgan fingerprint density at radius 3 is 2.38 bits per heavy atom. The first-order valence-corrected chi connectivity index (χ1v) is 9.79. The molecule has 6 heteroatoms. The second-order valence-electron chi connectivity index (χ2n) is 7.11. The van der Waals surface area contributed by atoms with Crippen molar-refractivity contribution in [2.75, 3.05) is 28.6 Å². The Kier molecular flexibility index (Phi) is 5.70. The Bertz CT molecular complexity index is 967. The highest BCUT2D eigenvalue weighted by atomic mass is 19.1. The Morgan fingerprint density at radius 1 is 0.966 bits per heavy atom. The van der Waals surface area contributed by atoms with Crippen molar-refractivity contribution in [1.82, 2.24) is 4.98 Å². The Morgan fingerprint density at radius 2 is 1.69 bits per heavy atom. The van der Waals surface area contributed by atoms with Gasteiger partial charge in [-0.2, -0.15) is 0 Å². The normalized spacial score (nSPS) is 13.3. The van der Waals surface area contributed by atoms with Gasteiger partial charge in [-0.3, -0.25) is 4.79 Å². The van der Waals surface area contributed by atoms with E-state index in [4.69, 9.17) is 0 Å². The summed E-state index contributed by atoms with van der Waals surface area (Å²) >= 11 is 0. The topological polar surface area (TPSA) is 57.3 Å². The SMILES string of the molecule is O=C(Cc1ccccc1F)Nc1ccc(Nc2ccc(N3CCCC3)cc2)cn1. The Balaban J connectivity index is 1.33. The van der Waals surface area contributed by atoms with Crippen molar-refractivity contribution in [2.24, 2.45) is 0 Å². The fraction of sp³-hybridized carbons (Fsp3) is 0.217. The van der Waals surface area contributed by atoms with Crippen LogP contribution >= 0.6 is 0 Å². The van der Waals surface area contributed by atoms with E-state index in [1.54, 1.807) is 30.5 Å². The zero-order valence-corrected chi connectivity index (χ0v) is 16.1. The molecule has 5 nitrogen and oxygen atoms in total. The number of halogens is 1. The minimum absolute atomic E-state index is 0.0300. The van der Waals surface area contributed by atoms with Crippen LogP contribution < -0.4 is 15.5 Å². The van der Waals surface area contributed by atoms with Gasteiger partial charge in [-0.1, -0.05) is 18.2 Å². The van der Waals surface area contributed by atoms with E-state index in [1.807, 2.05) is 6.07 Å². The van der Waals surface area contributed by atoms with Crippen LogP contribution in [-0.2, 0) is 11.2 Å². The third kappa shape index (κ3) is 4.90. The number of hydrogen-bond acceptors (Lipinski definition) is 4. The predicted octanol–water partition coefficient (Wildman–Crippen LogP) is 4.75. The van der Waals surface area contributed by atoms with Crippen LogP contribution in [0.25, 0.3) is 0 Å². The fourth-order valence-electron chi connectivity index (χ4n) is 3.44. The van der Waals surface area contributed by atoms with Crippen molar-refractivity contribution in [1.29, 1.82) is 0 Å². The van der Waals surface area contributed by atoms with Gasteiger partial charge >= 0.3 is 0 Å².